The first kappa shape index (κ1) is 13.6. The Hall–Kier alpha value is -1.81. The van der Waals surface area contributed by atoms with E-state index in [1.54, 1.807) is 25.1 Å². The van der Waals surface area contributed by atoms with Crippen molar-refractivity contribution in [2.24, 2.45) is 0 Å². The molecule has 0 bridgehead atoms. The van der Waals surface area contributed by atoms with Gasteiger partial charge in [-0.15, -0.1) is 0 Å². The van der Waals surface area contributed by atoms with E-state index in [4.69, 9.17) is 4.74 Å². The van der Waals surface area contributed by atoms with Gasteiger partial charge in [0.1, 0.15) is 5.75 Å². The molecule has 0 unspecified atom stereocenters. The van der Waals surface area contributed by atoms with Crippen LogP contribution in [0.2, 0.25) is 0 Å². The zero-order valence-corrected chi connectivity index (χ0v) is 12.3. The molecule has 3 nitrogen and oxygen atoms in total. The maximum atomic E-state index is 12.5. The van der Waals surface area contributed by atoms with Gasteiger partial charge in [0.2, 0.25) is 0 Å². The number of amides is 1. The van der Waals surface area contributed by atoms with Crippen molar-refractivity contribution < 1.29 is 9.53 Å². The molecule has 0 N–H and O–H groups in total. The van der Waals surface area contributed by atoms with E-state index in [0.717, 1.165) is 10.2 Å². The number of benzene rings is 2. The molecule has 0 atom stereocenters. The lowest BCUT2D eigenvalue weighted by atomic mass is 10.2. The van der Waals surface area contributed by atoms with Crippen LogP contribution in [0.4, 0.5) is 5.69 Å². The molecule has 0 saturated heterocycles. The van der Waals surface area contributed by atoms with Crippen molar-refractivity contribution in [3.63, 3.8) is 0 Å². The molecule has 4 heteroatoms. The predicted molar refractivity (Wildman–Crippen MR) is 79.9 cm³/mol. The molecule has 0 aliphatic heterocycles. The van der Waals surface area contributed by atoms with Gasteiger partial charge in [-0.25, -0.2) is 0 Å². The summed E-state index contributed by atoms with van der Waals surface area (Å²) in [5.41, 5.74) is 1.36. The van der Waals surface area contributed by atoms with Crippen molar-refractivity contribution >= 4 is 27.5 Å². The van der Waals surface area contributed by atoms with Gasteiger partial charge >= 0.3 is 0 Å². The van der Waals surface area contributed by atoms with E-state index in [1.807, 2.05) is 42.5 Å². The lowest BCUT2D eigenvalue weighted by molar-refractivity contribution is 0.0991. The SMILES string of the molecule is COc1ccccc1N(C)C(=O)c1ccccc1Br. The van der Waals surface area contributed by atoms with Crippen LogP contribution in [0.1, 0.15) is 10.4 Å². The van der Waals surface area contributed by atoms with Gasteiger partial charge in [-0.05, 0) is 40.2 Å². The smallest absolute Gasteiger partial charge is 0.259 e. The van der Waals surface area contributed by atoms with E-state index in [-0.39, 0.29) is 5.91 Å². The third-order valence-corrected chi connectivity index (χ3v) is 3.55. The Kier molecular flexibility index (Phi) is 4.22. The number of para-hydroxylation sites is 2. The van der Waals surface area contributed by atoms with Crippen LogP contribution in [0, 0.1) is 0 Å². The van der Waals surface area contributed by atoms with E-state index >= 15 is 0 Å². The summed E-state index contributed by atoms with van der Waals surface area (Å²) in [4.78, 5) is 14.1. The maximum absolute atomic E-state index is 12.5. The molecule has 0 aliphatic carbocycles. The molecule has 2 aromatic rings. The van der Waals surface area contributed by atoms with Crippen LogP contribution in [-0.2, 0) is 0 Å². The number of methoxy groups -OCH3 is 1. The summed E-state index contributed by atoms with van der Waals surface area (Å²) >= 11 is 3.39. The van der Waals surface area contributed by atoms with Gasteiger partial charge in [-0.3, -0.25) is 4.79 Å². The zero-order chi connectivity index (χ0) is 13.8. The molecule has 2 aromatic carbocycles. The number of ether oxygens (including phenoxy) is 1. The van der Waals surface area contributed by atoms with Gasteiger partial charge in [-0.2, -0.15) is 0 Å². The molecular formula is C15H14BrNO2. The highest BCUT2D eigenvalue weighted by Gasteiger charge is 2.18. The van der Waals surface area contributed by atoms with Gasteiger partial charge < -0.3 is 9.64 Å². The van der Waals surface area contributed by atoms with Crippen LogP contribution in [0.25, 0.3) is 0 Å². The van der Waals surface area contributed by atoms with Crippen LogP contribution < -0.4 is 9.64 Å². The fourth-order valence-corrected chi connectivity index (χ4v) is 2.29. The molecule has 19 heavy (non-hydrogen) atoms. The van der Waals surface area contributed by atoms with E-state index in [1.165, 1.54) is 0 Å². The summed E-state index contributed by atoms with van der Waals surface area (Å²) in [5.74, 6) is 0.586. The van der Waals surface area contributed by atoms with Crippen LogP contribution in [0.5, 0.6) is 5.75 Å². The first-order valence-corrected chi connectivity index (χ1v) is 6.60. The van der Waals surface area contributed by atoms with Crippen molar-refractivity contribution in [2.75, 3.05) is 19.1 Å². The maximum Gasteiger partial charge on any atom is 0.259 e. The van der Waals surface area contributed by atoms with Crippen molar-refractivity contribution in [3.8, 4) is 5.75 Å². The normalized spacial score (nSPS) is 10.1. The second-order valence-corrected chi connectivity index (χ2v) is 4.87. The van der Waals surface area contributed by atoms with E-state index in [0.29, 0.717) is 11.3 Å². The highest BCUT2D eigenvalue weighted by Crippen LogP contribution is 2.28. The highest BCUT2D eigenvalue weighted by atomic mass is 79.9. The molecule has 0 heterocycles. The molecule has 0 radical (unpaired) electrons. The summed E-state index contributed by atoms with van der Waals surface area (Å²) in [7, 11) is 3.33. The summed E-state index contributed by atoms with van der Waals surface area (Å²) in [6.07, 6.45) is 0. The first-order chi connectivity index (χ1) is 9.15. The number of carbonyl (C=O) groups is 1. The van der Waals surface area contributed by atoms with Gasteiger partial charge in [0, 0.05) is 11.5 Å². The molecular weight excluding hydrogens is 306 g/mol. The molecule has 98 valence electrons. The number of hydrogen-bond donors (Lipinski definition) is 0. The topological polar surface area (TPSA) is 29.5 Å². The lowest BCUT2D eigenvalue weighted by Gasteiger charge is -2.20. The minimum Gasteiger partial charge on any atom is -0.495 e. The minimum absolute atomic E-state index is 0.0861. The molecule has 0 spiro atoms. The number of rotatable bonds is 3. The van der Waals surface area contributed by atoms with E-state index < -0.39 is 0 Å². The van der Waals surface area contributed by atoms with Crippen molar-refractivity contribution in [1.82, 2.24) is 0 Å². The van der Waals surface area contributed by atoms with Crippen LogP contribution in [0.3, 0.4) is 0 Å². The summed E-state index contributed by atoms with van der Waals surface area (Å²) < 4.78 is 6.06. The Morgan fingerprint density at radius 2 is 1.74 bits per heavy atom. The third kappa shape index (κ3) is 2.79. The molecule has 2 rings (SSSR count). The molecule has 0 saturated carbocycles. The third-order valence-electron chi connectivity index (χ3n) is 2.86. The zero-order valence-electron chi connectivity index (χ0n) is 10.8. The quantitative estimate of drug-likeness (QED) is 0.862. The highest BCUT2D eigenvalue weighted by molar-refractivity contribution is 9.10. The average Bonchev–Trinajstić information content (AvgIpc) is 2.46. The average molecular weight is 320 g/mol. The Morgan fingerprint density at radius 1 is 1.11 bits per heavy atom. The number of halogens is 1. The summed E-state index contributed by atoms with van der Waals surface area (Å²) in [6, 6.07) is 14.8. The van der Waals surface area contributed by atoms with E-state index in [9.17, 15) is 4.79 Å². The van der Waals surface area contributed by atoms with E-state index in [2.05, 4.69) is 15.9 Å². The fraction of sp³-hybridized carbons (Fsp3) is 0.133. The summed E-state index contributed by atoms with van der Waals surface area (Å²) in [5, 5.41) is 0. The van der Waals surface area contributed by atoms with Crippen LogP contribution in [-0.4, -0.2) is 20.1 Å². The van der Waals surface area contributed by atoms with Gasteiger partial charge in [0.15, 0.2) is 0 Å². The molecule has 0 aromatic heterocycles. The first-order valence-electron chi connectivity index (χ1n) is 5.80. The molecule has 0 aliphatic rings. The number of anilines is 1. The van der Waals surface area contributed by atoms with Crippen molar-refractivity contribution in [2.45, 2.75) is 0 Å². The van der Waals surface area contributed by atoms with Crippen LogP contribution in [0.15, 0.2) is 53.0 Å². The Bertz CT molecular complexity index is 598. The lowest BCUT2D eigenvalue weighted by Crippen LogP contribution is -2.26. The second kappa shape index (κ2) is 5.89. The monoisotopic (exact) mass is 319 g/mol. The fourth-order valence-electron chi connectivity index (χ4n) is 1.83. The van der Waals surface area contributed by atoms with Crippen molar-refractivity contribution in [1.29, 1.82) is 0 Å². The number of carbonyl (C=O) groups excluding carboxylic acids is 1. The van der Waals surface area contributed by atoms with Crippen molar-refractivity contribution in [3.05, 3.63) is 58.6 Å². The predicted octanol–water partition coefficient (Wildman–Crippen LogP) is 3.73. The van der Waals surface area contributed by atoms with Crippen LogP contribution >= 0.6 is 15.9 Å². The summed E-state index contributed by atoms with van der Waals surface area (Å²) in [6.45, 7) is 0. The number of nitrogens with zero attached hydrogens (tertiary/aromatic N) is 1. The Balaban J connectivity index is 2.37. The Labute approximate surface area is 120 Å². The van der Waals surface area contributed by atoms with Gasteiger partial charge in [-0.1, -0.05) is 24.3 Å². The minimum atomic E-state index is -0.0861. The largest absolute Gasteiger partial charge is 0.495 e. The standard InChI is InChI=1S/C15H14BrNO2/c1-17(13-9-5-6-10-14(13)19-2)15(18)11-7-3-4-8-12(11)16/h3-10H,1-2H3. The Morgan fingerprint density at radius 3 is 2.42 bits per heavy atom. The number of hydrogen-bond acceptors (Lipinski definition) is 2. The van der Waals surface area contributed by atoms with Gasteiger partial charge in [0.05, 0.1) is 18.4 Å². The molecule has 1 amide bonds. The molecule has 0 fully saturated rings. The second-order valence-electron chi connectivity index (χ2n) is 4.02. The van der Waals surface area contributed by atoms with Gasteiger partial charge in [0.25, 0.3) is 5.91 Å².